The first-order valence-corrected chi connectivity index (χ1v) is 8.69. The zero-order valence-electron chi connectivity index (χ0n) is 15.2. The summed E-state index contributed by atoms with van der Waals surface area (Å²) in [7, 11) is 0. The number of hydrogen-bond acceptors (Lipinski definition) is 4. The summed E-state index contributed by atoms with van der Waals surface area (Å²) in [6.07, 6.45) is 2.58. The topological polar surface area (TPSA) is 80.0 Å². The first-order chi connectivity index (χ1) is 11.3. The Morgan fingerprint density at radius 2 is 2.04 bits per heavy atom. The molecule has 0 aliphatic rings. The average Bonchev–Trinajstić information content (AvgIpc) is 2.97. The number of fused-ring (bicyclic) bond motifs is 1. The number of nitrogens with zero attached hydrogens (tertiary/aromatic N) is 3. The van der Waals surface area contributed by atoms with Crippen molar-refractivity contribution >= 4 is 16.9 Å². The standard InChI is InChI=1S/C18H28N4O2/c1-6-13(23)7-8-19-18(24)14-9-16(11(2)3)21-17-15(14)10-20-22(17)12(4)5/h9-13,23H,6-8H2,1-5H3,(H,19,24). The summed E-state index contributed by atoms with van der Waals surface area (Å²) >= 11 is 0. The fourth-order valence-corrected chi connectivity index (χ4v) is 2.55. The molecule has 0 saturated heterocycles. The molecule has 24 heavy (non-hydrogen) atoms. The van der Waals surface area contributed by atoms with Gasteiger partial charge in [-0.2, -0.15) is 5.10 Å². The number of amides is 1. The molecule has 0 aromatic carbocycles. The van der Waals surface area contributed by atoms with E-state index in [1.54, 1.807) is 6.20 Å². The van der Waals surface area contributed by atoms with Crippen LogP contribution >= 0.6 is 0 Å². The van der Waals surface area contributed by atoms with Crippen molar-refractivity contribution in [2.45, 2.75) is 65.5 Å². The summed E-state index contributed by atoms with van der Waals surface area (Å²) in [6, 6.07) is 2.03. The summed E-state index contributed by atoms with van der Waals surface area (Å²) < 4.78 is 1.85. The number of aromatic nitrogens is 3. The molecule has 0 aliphatic carbocycles. The highest BCUT2D eigenvalue weighted by molar-refractivity contribution is 6.05. The second kappa shape index (κ2) is 7.75. The Hall–Kier alpha value is -1.95. The van der Waals surface area contributed by atoms with Crippen LogP contribution in [-0.4, -0.2) is 38.4 Å². The van der Waals surface area contributed by atoms with Crippen molar-refractivity contribution in [1.29, 1.82) is 0 Å². The Balaban J connectivity index is 2.35. The number of pyridine rings is 1. The van der Waals surface area contributed by atoms with Crippen molar-refractivity contribution in [2.24, 2.45) is 0 Å². The number of aliphatic hydroxyl groups excluding tert-OH is 1. The van der Waals surface area contributed by atoms with E-state index < -0.39 is 0 Å². The van der Waals surface area contributed by atoms with Crippen LogP contribution in [-0.2, 0) is 0 Å². The first-order valence-electron chi connectivity index (χ1n) is 8.69. The largest absolute Gasteiger partial charge is 0.393 e. The Kier molecular flexibility index (Phi) is 5.94. The number of hydrogen-bond donors (Lipinski definition) is 2. The summed E-state index contributed by atoms with van der Waals surface area (Å²) in [5.41, 5.74) is 2.22. The Bertz CT molecular complexity index is 706. The van der Waals surface area contributed by atoms with Gasteiger partial charge in [0.2, 0.25) is 0 Å². The van der Waals surface area contributed by atoms with Crippen LogP contribution in [0.4, 0.5) is 0 Å². The normalized spacial score (nSPS) is 13.0. The molecule has 1 amide bonds. The van der Waals surface area contributed by atoms with E-state index in [0.29, 0.717) is 24.9 Å². The summed E-state index contributed by atoms with van der Waals surface area (Å²) in [5.74, 6) is 0.0780. The molecule has 0 radical (unpaired) electrons. The van der Waals surface area contributed by atoms with Crippen LogP contribution in [0.15, 0.2) is 12.3 Å². The van der Waals surface area contributed by atoms with Crippen molar-refractivity contribution in [3.05, 3.63) is 23.5 Å². The zero-order chi connectivity index (χ0) is 17.9. The van der Waals surface area contributed by atoms with Crippen LogP contribution in [0, 0.1) is 0 Å². The average molecular weight is 332 g/mol. The first kappa shape index (κ1) is 18.4. The van der Waals surface area contributed by atoms with Crippen molar-refractivity contribution in [3.63, 3.8) is 0 Å². The van der Waals surface area contributed by atoms with E-state index in [1.165, 1.54) is 0 Å². The lowest BCUT2D eigenvalue weighted by Gasteiger charge is -2.13. The highest BCUT2D eigenvalue weighted by atomic mass is 16.3. The van der Waals surface area contributed by atoms with Crippen LogP contribution in [0.1, 0.15) is 75.5 Å². The van der Waals surface area contributed by atoms with Gasteiger partial charge in [-0.15, -0.1) is 0 Å². The maximum atomic E-state index is 12.6. The van der Waals surface area contributed by atoms with E-state index in [4.69, 9.17) is 4.98 Å². The molecule has 0 bridgehead atoms. The van der Waals surface area contributed by atoms with E-state index in [0.717, 1.165) is 16.7 Å². The summed E-state index contributed by atoms with van der Waals surface area (Å²) in [5, 5.41) is 17.7. The van der Waals surface area contributed by atoms with Crippen LogP contribution in [0.3, 0.4) is 0 Å². The van der Waals surface area contributed by atoms with Crippen molar-refractivity contribution in [1.82, 2.24) is 20.1 Å². The molecule has 132 valence electrons. The Morgan fingerprint density at radius 1 is 1.33 bits per heavy atom. The molecule has 0 spiro atoms. The van der Waals surface area contributed by atoms with Crippen LogP contribution < -0.4 is 5.32 Å². The minimum Gasteiger partial charge on any atom is -0.393 e. The van der Waals surface area contributed by atoms with Crippen molar-refractivity contribution in [2.75, 3.05) is 6.54 Å². The molecule has 0 saturated carbocycles. The molecule has 2 heterocycles. The van der Waals surface area contributed by atoms with Gasteiger partial charge in [0, 0.05) is 18.3 Å². The smallest absolute Gasteiger partial charge is 0.252 e. The summed E-state index contributed by atoms with van der Waals surface area (Å²) in [4.78, 5) is 17.3. The third-order valence-electron chi connectivity index (χ3n) is 4.15. The van der Waals surface area contributed by atoms with Gasteiger partial charge in [0.05, 0.1) is 23.3 Å². The van der Waals surface area contributed by atoms with E-state index in [-0.39, 0.29) is 24.0 Å². The maximum Gasteiger partial charge on any atom is 0.252 e. The fraction of sp³-hybridized carbons (Fsp3) is 0.611. The number of carbonyl (C=O) groups excluding carboxylic acids is 1. The van der Waals surface area contributed by atoms with Crippen LogP contribution in [0.25, 0.3) is 11.0 Å². The molecule has 0 aliphatic heterocycles. The predicted molar refractivity (Wildman–Crippen MR) is 95.3 cm³/mol. The minimum absolute atomic E-state index is 0.143. The van der Waals surface area contributed by atoms with Gasteiger partial charge in [-0.25, -0.2) is 9.67 Å². The Labute approximate surface area is 143 Å². The van der Waals surface area contributed by atoms with E-state index in [9.17, 15) is 9.90 Å². The van der Waals surface area contributed by atoms with Gasteiger partial charge < -0.3 is 10.4 Å². The van der Waals surface area contributed by atoms with E-state index in [2.05, 4.69) is 24.3 Å². The Morgan fingerprint density at radius 3 is 2.62 bits per heavy atom. The second-order valence-corrected chi connectivity index (χ2v) is 6.78. The molecule has 6 nitrogen and oxygen atoms in total. The quantitative estimate of drug-likeness (QED) is 0.817. The lowest BCUT2D eigenvalue weighted by Crippen LogP contribution is -2.27. The van der Waals surface area contributed by atoms with Gasteiger partial charge in [-0.3, -0.25) is 4.79 Å². The van der Waals surface area contributed by atoms with E-state index in [1.807, 2.05) is 31.5 Å². The molecule has 2 rings (SSSR count). The number of carbonyl (C=O) groups is 1. The minimum atomic E-state index is -0.377. The predicted octanol–water partition coefficient (Wildman–Crippen LogP) is 3.03. The summed E-state index contributed by atoms with van der Waals surface area (Å²) in [6.45, 7) is 10.6. The van der Waals surface area contributed by atoms with Gasteiger partial charge in [-0.1, -0.05) is 20.8 Å². The van der Waals surface area contributed by atoms with Gasteiger partial charge >= 0.3 is 0 Å². The monoisotopic (exact) mass is 332 g/mol. The molecule has 1 unspecified atom stereocenters. The van der Waals surface area contributed by atoms with Crippen LogP contribution in [0.2, 0.25) is 0 Å². The van der Waals surface area contributed by atoms with Gasteiger partial charge in [0.1, 0.15) is 0 Å². The number of rotatable bonds is 7. The molecular formula is C18H28N4O2. The third kappa shape index (κ3) is 3.93. The number of aliphatic hydroxyl groups is 1. The lowest BCUT2D eigenvalue weighted by molar-refractivity contribution is 0.0943. The molecule has 2 N–H and O–H groups in total. The van der Waals surface area contributed by atoms with Gasteiger partial charge in [0.25, 0.3) is 5.91 Å². The van der Waals surface area contributed by atoms with Crippen molar-refractivity contribution < 1.29 is 9.90 Å². The second-order valence-electron chi connectivity index (χ2n) is 6.78. The molecule has 6 heteroatoms. The third-order valence-corrected chi connectivity index (χ3v) is 4.15. The van der Waals surface area contributed by atoms with Crippen molar-refractivity contribution in [3.8, 4) is 0 Å². The fourth-order valence-electron chi connectivity index (χ4n) is 2.55. The van der Waals surface area contributed by atoms with E-state index >= 15 is 0 Å². The molecule has 0 fully saturated rings. The molecule has 2 aromatic rings. The highest BCUT2D eigenvalue weighted by Crippen LogP contribution is 2.24. The lowest BCUT2D eigenvalue weighted by atomic mass is 10.0. The zero-order valence-corrected chi connectivity index (χ0v) is 15.2. The van der Waals surface area contributed by atoms with Crippen LogP contribution in [0.5, 0.6) is 0 Å². The van der Waals surface area contributed by atoms with Gasteiger partial charge in [0.15, 0.2) is 5.65 Å². The highest BCUT2D eigenvalue weighted by Gasteiger charge is 2.18. The molecule has 1 atom stereocenters. The van der Waals surface area contributed by atoms with Gasteiger partial charge in [-0.05, 0) is 38.7 Å². The number of nitrogens with one attached hydrogen (secondary N) is 1. The SMILES string of the molecule is CCC(O)CCNC(=O)c1cc(C(C)C)nc2c1cnn2C(C)C. The molecular weight excluding hydrogens is 304 g/mol. The maximum absolute atomic E-state index is 12.6. The molecule has 2 aromatic heterocycles.